The SMILES string of the molecule is CCNCC1CCC(C)(C)CC1Cc1cnn(CC)c1. The summed E-state index contributed by atoms with van der Waals surface area (Å²) >= 11 is 0. The van der Waals surface area contributed by atoms with Crippen molar-refractivity contribution in [1.82, 2.24) is 15.1 Å². The number of hydrogen-bond acceptors (Lipinski definition) is 2. The molecule has 0 radical (unpaired) electrons. The molecule has 2 unspecified atom stereocenters. The minimum absolute atomic E-state index is 0.508. The van der Waals surface area contributed by atoms with Crippen LogP contribution in [0.3, 0.4) is 0 Å². The molecule has 2 rings (SSSR count). The fourth-order valence-corrected chi connectivity index (χ4v) is 3.62. The van der Waals surface area contributed by atoms with Crippen LogP contribution in [0.1, 0.15) is 52.5 Å². The van der Waals surface area contributed by atoms with Crippen LogP contribution in [0.15, 0.2) is 12.4 Å². The van der Waals surface area contributed by atoms with Crippen LogP contribution in [0, 0.1) is 17.3 Å². The van der Waals surface area contributed by atoms with Gasteiger partial charge in [0.25, 0.3) is 0 Å². The van der Waals surface area contributed by atoms with Gasteiger partial charge in [-0.1, -0.05) is 20.8 Å². The van der Waals surface area contributed by atoms with E-state index in [4.69, 9.17) is 0 Å². The molecule has 0 aliphatic heterocycles. The summed E-state index contributed by atoms with van der Waals surface area (Å²) in [6.45, 7) is 12.4. The zero-order chi connectivity index (χ0) is 14.6. The molecule has 114 valence electrons. The van der Waals surface area contributed by atoms with Crippen molar-refractivity contribution < 1.29 is 0 Å². The minimum Gasteiger partial charge on any atom is -0.317 e. The predicted molar refractivity (Wildman–Crippen MR) is 84.8 cm³/mol. The second kappa shape index (κ2) is 6.75. The van der Waals surface area contributed by atoms with Crippen molar-refractivity contribution in [3.05, 3.63) is 18.0 Å². The van der Waals surface area contributed by atoms with Gasteiger partial charge in [-0.15, -0.1) is 0 Å². The summed E-state index contributed by atoms with van der Waals surface area (Å²) in [6, 6.07) is 0. The fraction of sp³-hybridized carbons (Fsp3) is 0.824. The molecule has 0 saturated heterocycles. The number of hydrogen-bond donors (Lipinski definition) is 1. The zero-order valence-electron chi connectivity index (χ0n) is 13.7. The van der Waals surface area contributed by atoms with E-state index in [9.17, 15) is 0 Å². The summed E-state index contributed by atoms with van der Waals surface area (Å²) in [5, 5.41) is 7.98. The molecule has 3 nitrogen and oxygen atoms in total. The Labute approximate surface area is 124 Å². The maximum atomic E-state index is 4.42. The van der Waals surface area contributed by atoms with E-state index in [1.165, 1.54) is 37.8 Å². The van der Waals surface area contributed by atoms with E-state index in [2.05, 4.69) is 50.5 Å². The van der Waals surface area contributed by atoms with Gasteiger partial charge in [-0.25, -0.2) is 0 Å². The Morgan fingerprint density at radius 1 is 1.35 bits per heavy atom. The Hall–Kier alpha value is -0.830. The van der Waals surface area contributed by atoms with E-state index >= 15 is 0 Å². The summed E-state index contributed by atoms with van der Waals surface area (Å²) in [5.41, 5.74) is 1.92. The molecule has 1 aromatic heterocycles. The molecule has 2 atom stereocenters. The van der Waals surface area contributed by atoms with Crippen molar-refractivity contribution in [2.45, 2.75) is 59.9 Å². The van der Waals surface area contributed by atoms with Crippen molar-refractivity contribution in [2.75, 3.05) is 13.1 Å². The highest BCUT2D eigenvalue weighted by Crippen LogP contribution is 2.42. The molecule has 3 heteroatoms. The maximum Gasteiger partial charge on any atom is 0.0521 e. The highest BCUT2D eigenvalue weighted by molar-refractivity contribution is 5.06. The van der Waals surface area contributed by atoms with E-state index in [1.54, 1.807) is 0 Å². The third-order valence-corrected chi connectivity index (χ3v) is 4.84. The molecule has 20 heavy (non-hydrogen) atoms. The number of aromatic nitrogens is 2. The molecule has 1 aliphatic rings. The first-order chi connectivity index (χ1) is 9.54. The van der Waals surface area contributed by atoms with E-state index < -0.39 is 0 Å². The highest BCUT2D eigenvalue weighted by Gasteiger charge is 2.34. The standard InChI is InChI=1S/C17H31N3/c1-5-18-12-15-7-8-17(3,4)10-16(15)9-14-11-19-20(6-2)13-14/h11,13,15-16,18H,5-10,12H2,1-4H3. The second-order valence-corrected chi connectivity index (χ2v) is 7.14. The quantitative estimate of drug-likeness (QED) is 0.862. The van der Waals surface area contributed by atoms with Crippen molar-refractivity contribution >= 4 is 0 Å². The zero-order valence-corrected chi connectivity index (χ0v) is 13.7. The topological polar surface area (TPSA) is 29.9 Å². The Morgan fingerprint density at radius 3 is 2.80 bits per heavy atom. The van der Waals surface area contributed by atoms with Crippen molar-refractivity contribution in [3.8, 4) is 0 Å². The fourth-order valence-electron chi connectivity index (χ4n) is 3.62. The molecule has 0 bridgehead atoms. The third-order valence-electron chi connectivity index (χ3n) is 4.84. The Morgan fingerprint density at radius 2 is 2.15 bits per heavy atom. The predicted octanol–water partition coefficient (Wildman–Crippen LogP) is 3.50. The first-order valence-electron chi connectivity index (χ1n) is 8.26. The van der Waals surface area contributed by atoms with E-state index in [-0.39, 0.29) is 0 Å². The number of nitrogens with zero attached hydrogens (tertiary/aromatic N) is 2. The van der Waals surface area contributed by atoms with Crippen LogP contribution < -0.4 is 5.32 Å². The van der Waals surface area contributed by atoms with Gasteiger partial charge in [-0.2, -0.15) is 5.10 Å². The van der Waals surface area contributed by atoms with Gasteiger partial charge in [0.15, 0.2) is 0 Å². The molecule has 0 aromatic carbocycles. The molecule has 1 N–H and O–H groups in total. The molecule has 0 spiro atoms. The molecular formula is C17H31N3. The van der Waals surface area contributed by atoms with Crippen LogP contribution >= 0.6 is 0 Å². The van der Waals surface area contributed by atoms with Crippen LogP contribution in [-0.2, 0) is 13.0 Å². The van der Waals surface area contributed by atoms with Crippen molar-refractivity contribution in [1.29, 1.82) is 0 Å². The molecule has 1 fully saturated rings. The van der Waals surface area contributed by atoms with Crippen LogP contribution in [0.4, 0.5) is 0 Å². The van der Waals surface area contributed by atoms with E-state index in [0.29, 0.717) is 5.41 Å². The van der Waals surface area contributed by atoms with Crippen molar-refractivity contribution in [2.24, 2.45) is 17.3 Å². The lowest BCUT2D eigenvalue weighted by atomic mass is 9.65. The normalized spacial score (nSPS) is 25.8. The number of aryl methyl sites for hydroxylation is 1. The van der Waals surface area contributed by atoms with Gasteiger partial charge < -0.3 is 5.32 Å². The van der Waals surface area contributed by atoms with Gasteiger partial charge >= 0.3 is 0 Å². The van der Waals surface area contributed by atoms with Crippen LogP contribution in [0.25, 0.3) is 0 Å². The second-order valence-electron chi connectivity index (χ2n) is 7.14. The first kappa shape index (κ1) is 15.6. The molecule has 1 aliphatic carbocycles. The minimum atomic E-state index is 0.508. The lowest BCUT2D eigenvalue weighted by molar-refractivity contribution is 0.116. The molecule has 1 aromatic rings. The molecule has 1 saturated carbocycles. The lowest BCUT2D eigenvalue weighted by Gasteiger charge is -2.41. The Bertz CT molecular complexity index is 408. The van der Waals surface area contributed by atoms with Gasteiger partial charge in [0.05, 0.1) is 6.20 Å². The number of rotatable bonds is 6. The van der Waals surface area contributed by atoms with Crippen molar-refractivity contribution in [3.63, 3.8) is 0 Å². The molecular weight excluding hydrogens is 246 g/mol. The smallest absolute Gasteiger partial charge is 0.0521 e. The largest absolute Gasteiger partial charge is 0.317 e. The third kappa shape index (κ3) is 4.08. The maximum absolute atomic E-state index is 4.42. The van der Waals surface area contributed by atoms with Gasteiger partial charge in [-0.05, 0) is 68.5 Å². The van der Waals surface area contributed by atoms with Crippen LogP contribution in [0.2, 0.25) is 0 Å². The summed E-state index contributed by atoms with van der Waals surface area (Å²) in [6.07, 6.45) is 9.57. The number of nitrogens with one attached hydrogen (secondary N) is 1. The van der Waals surface area contributed by atoms with Gasteiger partial charge in [-0.3, -0.25) is 4.68 Å². The lowest BCUT2D eigenvalue weighted by Crippen LogP contribution is -2.36. The first-order valence-corrected chi connectivity index (χ1v) is 8.26. The van der Waals surface area contributed by atoms with E-state index in [0.717, 1.165) is 24.9 Å². The average Bonchev–Trinajstić information content (AvgIpc) is 2.85. The summed E-state index contributed by atoms with van der Waals surface area (Å²) < 4.78 is 2.04. The van der Waals surface area contributed by atoms with Gasteiger partial charge in [0.2, 0.25) is 0 Å². The summed E-state index contributed by atoms with van der Waals surface area (Å²) in [7, 11) is 0. The van der Waals surface area contributed by atoms with Crippen LogP contribution in [0.5, 0.6) is 0 Å². The molecule has 1 heterocycles. The molecule has 0 amide bonds. The van der Waals surface area contributed by atoms with Gasteiger partial charge in [0, 0.05) is 12.7 Å². The summed E-state index contributed by atoms with van der Waals surface area (Å²) in [5.74, 6) is 1.63. The highest BCUT2D eigenvalue weighted by atomic mass is 15.3. The Kier molecular flexibility index (Phi) is 5.25. The average molecular weight is 277 g/mol. The van der Waals surface area contributed by atoms with E-state index in [1.807, 2.05) is 4.68 Å². The van der Waals surface area contributed by atoms with Crippen LogP contribution in [-0.4, -0.2) is 22.9 Å². The Balaban J connectivity index is 2.02. The monoisotopic (exact) mass is 277 g/mol. The summed E-state index contributed by atoms with van der Waals surface area (Å²) in [4.78, 5) is 0. The van der Waals surface area contributed by atoms with Gasteiger partial charge in [0.1, 0.15) is 0 Å².